The number of aryl methyl sites for hydroxylation is 2. The Morgan fingerprint density at radius 3 is 2.67 bits per heavy atom. The highest BCUT2D eigenvalue weighted by Gasteiger charge is 2.11. The van der Waals surface area contributed by atoms with Crippen LogP contribution < -0.4 is 5.32 Å². The number of carbonyl (C=O) groups is 1. The van der Waals surface area contributed by atoms with E-state index in [0.29, 0.717) is 17.9 Å². The lowest BCUT2D eigenvalue weighted by molar-refractivity contribution is -0.121. The molecule has 0 saturated carbocycles. The molecule has 1 unspecified atom stereocenters. The van der Waals surface area contributed by atoms with E-state index in [1.165, 1.54) is 5.56 Å². The van der Waals surface area contributed by atoms with Gasteiger partial charge in [0, 0.05) is 11.4 Å². The summed E-state index contributed by atoms with van der Waals surface area (Å²) in [6, 6.07) is 15.8. The van der Waals surface area contributed by atoms with E-state index >= 15 is 0 Å². The first-order chi connectivity index (χ1) is 10.1. The summed E-state index contributed by atoms with van der Waals surface area (Å²) < 4.78 is 0. The summed E-state index contributed by atoms with van der Waals surface area (Å²) in [4.78, 5) is 12.1. The molecule has 2 rings (SSSR count). The third-order valence-corrected chi connectivity index (χ3v) is 3.80. The van der Waals surface area contributed by atoms with Gasteiger partial charge in [-0.3, -0.25) is 4.79 Å². The zero-order valence-corrected chi connectivity index (χ0v) is 13.2. The number of halogens is 1. The maximum Gasteiger partial charge on any atom is 0.220 e. The van der Waals surface area contributed by atoms with E-state index in [-0.39, 0.29) is 11.9 Å². The molecule has 0 bridgehead atoms. The van der Waals surface area contributed by atoms with Crippen molar-refractivity contribution in [3.8, 4) is 0 Å². The first kappa shape index (κ1) is 15.6. The molecule has 110 valence electrons. The maximum absolute atomic E-state index is 12.1. The van der Waals surface area contributed by atoms with Crippen molar-refractivity contribution >= 4 is 17.5 Å². The van der Waals surface area contributed by atoms with Gasteiger partial charge >= 0.3 is 0 Å². The zero-order valence-electron chi connectivity index (χ0n) is 12.4. The summed E-state index contributed by atoms with van der Waals surface area (Å²) in [6.45, 7) is 4.07. The van der Waals surface area contributed by atoms with Crippen molar-refractivity contribution in [2.75, 3.05) is 0 Å². The Bertz CT molecular complexity index is 624. The fourth-order valence-electron chi connectivity index (χ4n) is 2.41. The first-order valence-corrected chi connectivity index (χ1v) is 7.53. The SMILES string of the molecule is Cc1ccccc1C(C)NC(=O)CCc1cccc(Cl)c1. The molecule has 21 heavy (non-hydrogen) atoms. The molecule has 2 aromatic rings. The fraction of sp³-hybridized carbons (Fsp3) is 0.278. The van der Waals surface area contributed by atoms with Gasteiger partial charge in [0.15, 0.2) is 0 Å². The van der Waals surface area contributed by atoms with Crippen LogP contribution in [0.15, 0.2) is 48.5 Å². The Morgan fingerprint density at radius 2 is 1.95 bits per heavy atom. The van der Waals surface area contributed by atoms with E-state index in [1.54, 1.807) is 0 Å². The average Bonchev–Trinajstić information content (AvgIpc) is 2.45. The number of rotatable bonds is 5. The summed E-state index contributed by atoms with van der Waals surface area (Å²) >= 11 is 5.94. The normalized spacial score (nSPS) is 12.0. The predicted molar refractivity (Wildman–Crippen MR) is 87.5 cm³/mol. The Hall–Kier alpha value is -1.80. The van der Waals surface area contributed by atoms with Gasteiger partial charge in [0.05, 0.1) is 6.04 Å². The van der Waals surface area contributed by atoms with Crippen LogP contribution in [-0.4, -0.2) is 5.91 Å². The van der Waals surface area contributed by atoms with Gasteiger partial charge in [-0.15, -0.1) is 0 Å². The van der Waals surface area contributed by atoms with Gasteiger partial charge in [0.25, 0.3) is 0 Å². The first-order valence-electron chi connectivity index (χ1n) is 7.15. The third-order valence-electron chi connectivity index (χ3n) is 3.56. The second kappa shape index (κ2) is 7.28. The molecule has 0 aliphatic rings. The highest BCUT2D eigenvalue weighted by Crippen LogP contribution is 2.17. The number of hydrogen-bond donors (Lipinski definition) is 1. The van der Waals surface area contributed by atoms with E-state index in [0.717, 1.165) is 11.1 Å². The molecule has 0 heterocycles. The maximum atomic E-state index is 12.1. The van der Waals surface area contributed by atoms with Gasteiger partial charge in [-0.1, -0.05) is 48.0 Å². The van der Waals surface area contributed by atoms with Crippen LogP contribution in [0.5, 0.6) is 0 Å². The Kier molecular flexibility index (Phi) is 5.40. The standard InChI is InChI=1S/C18H20ClNO/c1-13-6-3-4-9-17(13)14(2)20-18(21)11-10-15-7-5-8-16(19)12-15/h3-9,12,14H,10-11H2,1-2H3,(H,20,21). The van der Waals surface area contributed by atoms with E-state index in [9.17, 15) is 4.79 Å². The smallest absolute Gasteiger partial charge is 0.220 e. The summed E-state index contributed by atoms with van der Waals surface area (Å²) in [6.07, 6.45) is 1.17. The van der Waals surface area contributed by atoms with Crippen LogP contribution in [0, 0.1) is 6.92 Å². The number of nitrogens with one attached hydrogen (secondary N) is 1. The van der Waals surface area contributed by atoms with Gasteiger partial charge < -0.3 is 5.32 Å². The van der Waals surface area contributed by atoms with Crippen molar-refractivity contribution < 1.29 is 4.79 Å². The Morgan fingerprint density at radius 1 is 1.19 bits per heavy atom. The van der Waals surface area contributed by atoms with Crippen LogP contribution in [0.4, 0.5) is 0 Å². The summed E-state index contributed by atoms with van der Waals surface area (Å²) in [7, 11) is 0. The molecule has 0 fully saturated rings. The highest BCUT2D eigenvalue weighted by molar-refractivity contribution is 6.30. The van der Waals surface area contributed by atoms with Crippen LogP contribution in [0.1, 0.15) is 36.1 Å². The van der Waals surface area contributed by atoms with Crippen LogP contribution >= 0.6 is 11.6 Å². The van der Waals surface area contributed by atoms with Crippen molar-refractivity contribution in [2.24, 2.45) is 0 Å². The lowest BCUT2D eigenvalue weighted by atomic mass is 10.0. The number of amides is 1. The van der Waals surface area contributed by atoms with Gasteiger partial charge in [0.1, 0.15) is 0 Å². The van der Waals surface area contributed by atoms with Crippen LogP contribution in [0.25, 0.3) is 0 Å². The Balaban J connectivity index is 1.89. The van der Waals surface area contributed by atoms with Crippen LogP contribution in [-0.2, 0) is 11.2 Å². The zero-order chi connectivity index (χ0) is 15.2. The molecule has 0 aromatic heterocycles. The number of carbonyl (C=O) groups excluding carboxylic acids is 1. The van der Waals surface area contributed by atoms with Crippen molar-refractivity contribution in [2.45, 2.75) is 32.7 Å². The van der Waals surface area contributed by atoms with Gasteiger partial charge in [0.2, 0.25) is 5.91 Å². The van der Waals surface area contributed by atoms with Crippen LogP contribution in [0.2, 0.25) is 5.02 Å². The van der Waals surface area contributed by atoms with E-state index in [2.05, 4.69) is 24.4 Å². The topological polar surface area (TPSA) is 29.1 Å². The van der Waals surface area contributed by atoms with Crippen molar-refractivity contribution in [1.29, 1.82) is 0 Å². The average molecular weight is 302 g/mol. The number of benzene rings is 2. The van der Waals surface area contributed by atoms with Crippen molar-refractivity contribution in [3.63, 3.8) is 0 Å². The molecule has 0 radical (unpaired) electrons. The Labute approximate surface area is 131 Å². The quantitative estimate of drug-likeness (QED) is 0.868. The molecule has 3 heteroatoms. The monoisotopic (exact) mass is 301 g/mol. The summed E-state index contributed by atoms with van der Waals surface area (Å²) in [5.74, 6) is 0.0609. The molecule has 1 amide bonds. The largest absolute Gasteiger partial charge is 0.350 e. The van der Waals surface area contributed by atoms with Crippen molar-refractivity contribution in [3.05, 3.63) is 70.2 Å². The predicted octanol–water partition coefficient (Wildman–Crippen LogP) is 4.46. The third kappa shape index (κ3) is 4.61. The fourth-order valence-corrected chi connectivity index (χ4v) is 2.63. The molecule has 0 aliphatic carbocycles. The van der Waals surface area contributed by atoms with Crippen LogP contribution in [0.3, 0.4) is 0 Å². The molecule has 1 atom stereocenters. The molecule has 2 nitrogen and oxygen atoms in total. The van der Waals surface area contributed by atoms with E-state index in [1.807, 2.05) is 43.3 Å². The molecular weight excluding hydrogens is 282 g/mol. The summed E-state index contributed by atoms with van der Waals surface area (Å²) in [5, 5.41) is 3.76. The van der Waals surface area contributed by atoms with Gasteiger partial charge in [-0.2, -0.15) is 0 Å². The second-order valence-electron chi connectivity index (χ2n) is 5.28. The number of hydrogen-bond acceptors (Lipinski definition) is 1. The molecule has 0 saturated heterocycles. The molecule has 2 aromatic carbocycles. The molecule has 1 N–H and O–H groups in total. The van der Waals surface area contributed by atoms with E-state index < -0.39 is 0 Å². The lowest BCUT2D eigenvalue weighted by Gasteiger charge is -2.16. The molecule has 0 spiro atoms. The molecular formula is C18H20ClNO. The van der Waals surface area contributed by atoms with E-state index in [4.69, 9.17) is 11.6 Å². The minimum Gasteiger partial charge on any atom is -0.350 e. The highest BCUT2D eigenvalue weighted by atomic mass is 35.5. The molecule has 0 aliphatic heterocycles. The lowest BCUT2D eigenvalue weighted by Crippen LogP contribution is -2.27. The van der Waals surface area contributed by atoms with Gasteiger partial charge in [-0.25, -0.2) is 0 Å². The second-order valence-corrected chi connectivity index (χ2v) is 5.71. The minimum absolute atomic E-state index is 0.0260. The summed E-state index contributed by atoms with van der Waals surface area (Å²) in [5.41, 5.74) is 3.44. The van der Waals surface area contributed by atoms with Gasteiger partial charge in [-0.05, 0) is 49.1 Å². The minimum atomic E-state index is 0.0260. The van der Waals surface area contributed by atoms with Crippen molar-refractivity contribution in [1.82, 2.24) is 5.32 Å².